The van der Waals surface area contributed by atoms with Gasteiger partial charge < -0.3 is 0 Å². The Hall–Kier alpha value is -0.560. The molecule has 0 nitrogen and oxygen atoms in total. The Morgan fingerprint density at radius 2 is 2.09 bits per heavy atom. The van der Waals surface area contributed by atoms with Crippen LogP contribution < -0.4 is 0 Å². The zero-order valence-electron chi connectivity index (χ0n) is 6.57. The predicted molar refractivity (Wildman–Crippen MR) is 45.7 cm³/mol. The van der Waals surface area contributed by atoms with Gasteiger partial charge in [0.1, 0.15) is 6.17 Å². The van der Waals surface area contributed by atoms with Crippen LogP contribution >= 0.6 is 11.6 Å². The maximum absolute atomic E-state index is 12.7. The van der Waals surface area contributed by atoms with E-state index in [0.717, 1.165) is 5.56 Å². The summed E-state index contributed by atoms with van der Waals surface area (Å²) in [6.07, 6.45) is -0.983. The van der Waals surface area contributed by atoms with Crippen molar-refractivity contribution in [2.75, 3.05) is 0 Å². The second-order valence-electron chi connectivity index (χ2n) is 2.64. The number of hydrogen-bond acceptors (Lipinski definition) is 0. The molecule has 0 aliphatic carbocycles. The van der Waals surface area contributed by atoms with Crippen LogP contribution in [0, 0.1) is 6.92 Å². The van der Waals surface area contributed by atoms with Crippen LogP contribution in [0.2, 0.25) is 5.02 Å². The highest BCUT2D eigenvalue weighted by atomic mass is 35.5. The highest BCUT2D eigenvalue weighted by Crippen LogP contribution is 2.25. The lowest BCUT2D eigenvalue weighted by Gasteiger charge is -2.04. The monoisotopic (exact) mass is 172 g/mol. The first-order valence-electron chi connectivity index (χ1n) is 3.51. The largest absolute Gasteiger partial charge is 0.243 e. The smallest absolute Gasteiger partial charge is 0.124 e. The lowest BCUT2D eigenvalue weighted by Crippen LogP contribution is -1.87. The number of halogens is 2. The summed E-state index contributed by atoms with van der Waals surface area (Å²) in [5, 5.41) is 0.514. The van der Waals surface area contributed by atoms with Gasteiger partial charge in [0.25, 0.3) is 0 Å². The maximum atomic E-state index is 12.7. The van der Waals surface area contributed by atoms with E-state index in [1.54, 1.807) is 12.1 Å². The molecule has 1 aromatic rings. The van der Waals surface area contributed by atoms with Gasteiger partial charge in [-0.3, -0.25) is 0 Å². The molecule has 0 aliphatic heterocycles. The number of hydrogen-bond donors (Lipinski definition) is 0. The summed E-state index contributed by atoms with van der Waals surface area (Å²) in [7, 11) is 0. The third kappa shape index (κ3) is 1.93. The summed E-state index contributed by atoms with van der Waals surface area (Å²) in [6, 6.07) is 5.35. The van der Waals surface area contributed by atoms with Gasteiger partial charge in [0.15, 0.2) is 0 Å². The number of benzene rings is 1. The van der Waals surface area contributed by atoms with Gasteiger partial charge in [-0.25, -0.2) is 4.39 Å². The van der Waals surface area contributed by atoms with E-state index in [1.165, 1.54) is 6.92 Å². The topological polar surface area (TPSA) is 0 Å². The normalized spacial score (nSPS) is 13.1. The first kappa shape index (κ1) is 8.54. The van der Waals surface area contributed by atoms with E-state index in [4.69, 9.17) is 11.6 Å². The SMILES string of the molecule is Cc1ccc(C(C)F)c(Cl)c1. The molecule has 0 radical (unpaired) electrons. The van der Waals surface area contributed by atoms with Crippen LogP contribution in [0.4, 0.5) is 4.39 Å². The van der Waals surface area contributed by atoms with Crippen molar-refractivity contribution in [3.8, 4) is 0 Å². The van der Waals surface area contributed by atoms with Crippen LogP contribution in [-0.4, -0.2) is 0 Å². The molecule has 1 unspecified atom stereocenters. The van der Waals surface area contributed by atoms with E-state index in [0.29, 0.717) is 10.6 Å². The molecule has 0 spiro atoms. The van der Waals surface area contributed by atoms with Crippen molar-refractivity contribution >= 4 is 11.6 Å². The average Bonchev–Trinajstić information content (AvgIpc) is 1.85. The number of aryl methyl sites for hydroxylation is 1. The van der Waals surface area contributed by atoms with Gasteiger partial charge in [0.2, 0.25) is 0 Å². The van der Waals surface area contributed by atoms with Gasteiger partial charge in [-0.1, -0.05) is 23.7 Å². The van der Waals surface area contributed by atoms with Crippen LogP contribution in [0.5, 0.6) is 0 Å². The first-order valence-corrected chi connectivity index (χ1v) is 3.89. The molecule has 60 valence electrons. The fourth-order valence-corrected chi connectivity index (χ4v) is 1.34. The van der Waals surface area contributed by atoms with Crippen LogP contribution in [0.3, 0.4) is 0 Å². The molecule has 0 aromatic heterocycles. The minimum absolute atomic E-state index is 0.514. The molecule has 0 saturated carbocycles. The molecule has 2 heteroatoms. The minimum Gasteiger partial charge on any atom is -0.243 e. The fourth-order valence-electron chi connectivity index (χ4n) is 0.955. The Labute approximate surface area is 71.0 Å². The number of rotatable bonds is 1. The Morgan fingerprint density at radius 3 is 2.55 bits per heavy atom. The zero-order chi connectivity index (χ0) is 8.43. The van der Waals surface area contributed by atoms with E-state index < -0.39 is 6.17 Å². The zero-order valence-corrected chi connectivity index (χ0v) is 7.32. The molecule has 1 aromatic carbocycles. The van der Waals surface area contributed by atoms with E-state index in [9.17, 15) is 4.39 Å². The Morgan fingerprint density at radius 1 is 1.45 bits per heavy atom. The predicted octanol–water partition coefficient (Wildman–Crippen LogP) is 3.68. The van der Waals surface area contributed by atoms with Crippen molar-refractivity contribution in [2.45, 2.75) is 20.0 Å². The summed E-state index contributed by atoms with van der Waals surface area (Å²) >= 11 is 5.78. The molecule has 0 fully saturated rings. The summed E-state index contributed by atoms with van der Waals surface area (Å²) in [6.45, 7) is 3.41. The highest BCUT2D eigenvalue weighted by molar-refractivity contribution is 6.31. The van der Waals surface area contributed by atoms with Crippen LogP contribution in [0.15, 0.2) is 18.2 Å². The molecule has 1 atom stereocenters. The summed E-state index contributed by atoms with van der Waals surface area (Å²) in [4.78, 5) is 0. The molecule has 0 N–H and O–H groups in total. The van der Waals surface area contributed by atoms with Gasteiger partial charge in [0.05, 0.1) is 0 Å². The van der Waals surface area contributed by atoms with Gasteiger partial charge in [-0.05, 0) is 25.5 Å². The second-order valence-corrected chi connectivity index (χ2v) is 3.05. The van der Waals surface area contributed by atoms with Crippen molar-refractivity contribution in [3.05, 3.63) is 34.3 Å². The second kappa shape index (κ2) is 3.22. The summed E-state index contributed by atoms with van der Waals surface area (Å²) < 4.78 is 12.7. The van der Waals surface area contributed by atoms with Gasteiger partial charge in [0, 0.05) is 10.6 Å². The highest BCUT2D eigenvalue weighted by Gasteiger charge is 2.06. The van der Waals surface area contributed by atoms with Crippen LogP contribution in [0.1, 0.15) is 24.2 Å². The maximum Gasteiger partial charge on any atom is 0.124 e. The average molecular weight is 173 g/mol. The Kier molecular flexibility index (Phi) is 2.50. The van der Waals surface area contributed by atoms with Crippen molar-refractivity contribution in [2.24, 2.45) is 0 Å². The minimum atomic E-state index is -0.983. The lowest BCUT2D eigenvalue weighted by atomic mass is 10.1. The molecule has 11 heavy (non-hydrogen) atoms. The third-order valence-electron chi connectivity index (χ3n) is 1.58. The van der Waals surface area contributed by atoms with E-state index in [1.807, 2.05) is 13.0 Å². The Bertz CT molecular complexity index is 256. The van der Waals surface area contributed by atoms with Crippen molar-refractivity contribution in [1.29, 1.82) is 0 Å². The molecular weight excluding hydrogens is 163 g/mol. The van der Waals surface area contributed by atoms with Gasteiger partial charge in [-0.15, -0.1) is 0 Å². The van der Waals surface area contributed by atoms with Gasteiger partial charge >= 0.3 is 0 Å². The lowest BCUT2D eigenvalue weighted by molar-refractivity contribution is 0.374. The summed E-state index contributed by atoms with van der Waals surface area (Å²) in [5.41, 5.74) is 1.62. The molecule has 0 bridgehead atoms. The molecule has 0 heterocycles. The standard InChI is InChI=1S/C9H10ClF/c1-6-3-4-8(7(2)11)9(10)5-6/h3-5,7H,1-2H3. The van der Waals surface area contributed by atoms with E-state index in [-0.39, 0.29) is 0 Å². The third-order valence-corrected chi connectivity index (χ3v) is 1.91. The first-order chi connectivity index (χ1) is 5.11. The molecular formula is C9H10ClF. The van der Waals surface area contributed by atoms with E-state index in [2.05, 4.69) is 0 Å². The van der Waals surface area contributed by atoms with Crippen molar-refractivity contribution in [3.63, 3.8) is 0 Å². The number of alkyl halides is 1. The van der Waals surface area contributed by atoms with Crippen LogP contribution in [-0.2, 0) is 0 Å². The quantitative estimate of drug-likeness (QED) is 0.606. The Balaban J connectivity index is 3.09. The van der Waals surface area contributed by atoms with E-state index >= 15 is 0 Å². The van der Waals surface area contributed by atoms with Gasteiger partial charge in [-0.2, -0.15) is 0 Å². The van der Waals surface area contributed by atoms with Crippen LogP contribution in [0.25, 0.3) is 0 Å². The summed E-state index contributed by atoms with van der Waals surface area (Å²) in [5.74, 6) is 0. The molecule has 0 saturated heterocycles. The molecule has 0 aliphatic rings. The fraction of sp³-hybridized carbons (Fsp3) is 0.333. The molecule has 1 rings (SSSR count). The van der Waals surface area contributed by atoms with Crippen molar-refractivity contribution in [1.82, 2.24) is 0 Å². The molecule has 0 amide bonds. The van der Waals surface area contributed by atoms with Crippen molar-refractivity contribution < 1.29 is 4.39 Å².